The molecule has 4 nitrogen and oxygen atoms in total. The van der Waals surface area contributed by atoms with Gasteiger partial charge in [-0.05, 0) is 45.4 Å². The Labute approximate surface area is 116 Å². The summed E-state index contributed by atoms with van der Waals surface area (Å²) in [6, 6.07) is 0.568. The van der Waals surface area contributed by atoms with E-state index in [1.807, 2.05) is 25.7 Å². The molecule has 4 heteroatoms. The van der Waals surface area contributed by atoms with Gasteiger partial charge in [0, 0.05) is 32.2 Å². The van der Waals surface area contributed by atoms with Crippen LogP contribution in [-0.4, -0.2) is 53.7 Å². The van der Waals surface area contributed by atoms with Gasteiger partial charge in [-0.25, -0.2) is 4.79 Å². The summed E-state index contributed by atoms with van der Waals surface area (Å²) in [5.41, 5.74) is 0.293. The number of carbonyl (C=O) groups is 1. The zero-order valence-corrected chi connectivity index (χ0v) is 12.4. The van der Waals surface area contributed by atoms with Crippen LogP contribution in [0.2, 0.25) is 0 Å². The number of ether oxygens (including phenoxy) is 1. The Hall–Kier alpha value is -0.770. The molecule has 0 radical (unpaired) electrons. The van der Waals surface area contributed by atoms with E-state index in [0.29, 0.717) is 11.5 Å². The standard InChI is InChI=1S/C15H26N2O2/c1-14(2,3)19-13(18)16-8-5-12(9-16)17-10-15(11-17)6-4-7-15/h12H,4-11H2,1-3H3/t12-/m1/s1. The van der Waals surface area contributed by atoms with Crippen molar-refractivity contribution < 1.29 is 9.53 Å². The van der Waals surface area contributed by atoms with Gasteiger partial charge in [0.25, 0.3) is 0 Å². The molecule has 1 saturated carbocycles. The minimum absolute atomic E-state index is 0.145. The smallest absolute Gasteiger partial charge is 0.410 e. The van der Waals surface area contributed by atoms with E-state index >= 15 is 0 Å². The summed E-state index contributed by atoms with van der Waals surface area (Å²) in [4.78, 5) is 16.5. The molecule has 2 saturated heterocycles. The Morgan fingerprint density at radius 2 is 1.95 bits per heavy atom. The molecule has 2 aliphatic heterocycles. The monoisotopic (exact) mass is 266 g/mol. The van der Waals surface area contributed by atoms with E-state index in [1.165, 1.54) is 32.4 Å². The maximum Gasteiger partial charge on any atom is 0.410 e. The molecular weight excluding hydrogens is 240 g/mol. The maximum absolute atomic E-state index is 12.0. The van der Waals surface area contributed by atoms with E-state index in [-0.39, 0.29) is 11.7 Å². The van der Waals surface area contributed by atoms with Gasteiger partial charge >= 0.3 is 6.09 Å². The molecule has 1 spiro atoms. The van der Waals surface area contributed by atoms with Gasteiger partial charge in [-0.1, -0.05) is 6.42 Å². The number of hydrogen-bond acceptors (Lipinski definition) is 3. The van der Waals surface area contributed by atoms with Crippen LogP contribution in [0.15, 0.2) is 0 Å². The molecule has 1 amide bonds. The molecule has 0 N–H and O–H groups in total. The highest BCUT2D eigenvalue weighted by Gasteiger charge is 2.50. The second-order valence-electron chi connectivity index (χ2n) is 7.63. The van der Waals surface area contributed by atoms with Crippen molar-refractivity contribution in [2.45, 2.75) is 58.1 Å². The molecule has 3 fully saturated rings. The highest BCUT2D eigenvalue weighted by Crippen LogP contribution is 2.49. The Morgan fingerprint density at radius 1 is 1.26 bits per heavy atom. The van der Waals surface area contributed by atoms with Crippen LogP contribution in [0.25, 0.3) is 0 Å². The third-order valence-electron chi connectivity index (χ3n) is 4.82. The Bertz CT molecular complexity index is 363. The van der Waals surface area contributed by atoms with E-state index in [0.717, 1.165) is 19.5 Å². The van der Waals surface area contributed by atoms with Crippen LogP contribution in [0.3, 0.4) is 0 Å². The van der Waals surface area contributed by atoms with Crippen molar-refractivity contribution in [3.05, 3.63) is 0 Å². The summed E-state index contributed by atoms with van der Waals surface area (Å²) in [5, 5.41) is 0. The van der Waals surface area contributed by atoms with E-state index in [2.05, 4.69) is 4.90 Å². The van der Waals surface area contributed by atoms with E-state index in [1.54, 1.807) is 0 Å². The summed E-state index contributed by atoms with van der Waals surface area (Å²) >= 11 is 0. The summed E-state index contributed by atoms with van der Waals surface area (Å²) in [6.45, 7) is 10.0. The highest BCUT2D eigenvalue weighted by atomic mass is 16.6. The SMILES string of the molecule is CC(C)(C)OC(=O)N1CC[C@@H](N2CC3(CCC3)C2)C1. The lowest BCUT2D eigenvalue weighted by molar-refractivity contribution is -0.0806. The normalized spacial score (nSPS) is 30.1. The van der Waals surface area contributed by atoms with Crippen molar-refractivity contribution in [1.82, 2.24) is 9.80 Å². The zero-order valence-electron chi connectivity index (χ0n) is 12.4. The average Bonchev–Trinajstić information content (AvgIpc) is 2.59. The molecule has 1 atom stereocenters. The first-order chi connectivity index (χ1) is 8.87. The minimum Gasteiger partial charge on any atom is -0.444 e. The third-order valence-corrected chi connectivity index (χ3v) is 4.82. The summed E-state index contributed by atoms with van der Waals surface area (Å²) in [7, 11) is 0. The van der Waals surface area contributed by atoms with E-state index in [4.69, 9.17) is 4.74 Å². The predicted octanol–water partition coefficient (Wildman–Crippen LogP) is 2.48. The number of amides is 1. The molecular formula is C15H26N2O2. The summed E-state index contributed by atoms with van der Waals surface area (Å²) in [5.74, 6) is 0. The first-order valence-electron chi connectivity index (χ1n) is 7.59. The molecule has 0 aromatic heterocycles. The van der Waals surface area contributed by atoms with Crippen LogP contribution in [0.4, 0.5) is 4.79 Å². The second-order valence-corrected chi connectivity index (χ2v) is 7.63. The van der Waals surface area contributed by atoms with E-state index in [9.17, 15) is 4.79 Å². The fourth-order valence-corrected chi connectivity index (χ4v) is 3.60. The number of likely N-dealkylation sites (tertiary alicyclic amines) is 2. The number of carbonyl (C=O) groups excluding carboxylic acids is 1. The van der Waals surface area contributed by atoms with Crippen molar-refractivity contribution in [3.63, 3.8) is 0 Å². The number of nitrogens with zero attached hydrogens (tertiary/aromatic N) is 2. The van der Waals surface area contributed by atoms with Gasteiger partial charge in [-0.3, -0.25) is 4.90 Å². The lowest BCUT2D eigenvalue weighted by atomic mass is 9.63. The van der Waals surface area contributed by atoms with Gasteiger partial charge in [-0.15, -0.1) is 0 Å². The molecule has 1 aliphatic carbocycles. The van der Waals surface area contributed by atoms with Gasteiger partial charge in [-0.2, -0.15) is 0 Å². The van der Waals surface area contributed by atoms with Crippen molar-refractivity contribution >= 4 is 6.09 Å². The van der Waals surface area contributed by atoms with Crippen LogP contribution < -0.4 is 0 Å². The Kier molecular flexibility index (Phi) is 3.04. The highest BCUT2D eigenvalue weighted by molar-refractivity contribution is 5.68. The molecule has 0 aromatic rings. The van der Waals surface area contributed by atoms with Gasteiger partial charge < -0.3 is 9.64 Å². The largest absolute Gasteiger partial charge is 0.444 e. The third kappa shape index (κ3) is 2.60. The fraction of sp³-hybridized carbons (Fsp3) is 0.933. The minimum atomic E-state index is -0.387. The lowest BCUT2D eigenvalue weighted by Gasteiger charge is -2.58. The molecule has 3 rings (SSSR count). The van der Waals surface area contributed by atoms with Crippen LogP contribution in [0.1, 0.15) is 46.5 Å². The molecule has 2 heterocycles. The predicted molar refractivity (Wildman–Crippen MR) is 74.1 cm³/mol. The van der Waals surface area contributed by atoms with Crippen molar-refractivity contribution in [3.8, 4) is 0 Å². The molecule has 0 unspecified atom stereocenters. The van der Waals surface area contributed by atoms with Gasteiger partial charge in [0.1, 0.15) is 5.60 Å². The van der Waals surface area contributed by atoms with Gasteiger partial charge in [0.05, 0.1) is 0 Å². The topological polar surface area (TPSA) is 32.8 Å². The zero-order chi connectivity index (χ0) is 13.7. The van der Waals surface area contributed by atoms with Gasteiger partial charge in [0.15, 0.2) is 0 Å². The Morgan fingerprint density at radius 3 is 2.47 bits per heavy atom. The molecule has 0 bridgehead atoms. The van der Waals surface area contributed by atoms with Crippen LogP contribution in [0.5, 0.6) is 0 Å². The number of hydrogen-bond donors (Lipinski definition) is 0. The first-order valence-corrected chi connectivity index (χ1v) is 7.59. The van der Waals surface area contributed by atoms with Crippen LogP contribution in [0, 0.1) is 5.41 Å². The maximum atomic E-state index is 12.0. The van der Waals surface area contributed by atoms with Crippen molar-refractivity contribution in [1.29, 1.82) is 0 Å². The van der Waals surface area contributed by atoms with E-state index < -0.39 is 0 Å². The number of rotatable bonds is 1. The van der Waals surface area contributed by atoms with Gasteiger partial charge in [0.2, 0.25) is 0 Å². The average molecular weight is 266 g/mol. The second kappa shape index (κ2) is 4.37. The molecule has 3 aliphatic rings. The lowest BCUT2D eigenvalue weighted by Crippen LogP contribution is -2.63. The van der Waals surface area contributed by atoms with Crippen LogP contribution >= 0.6 is 0 Å². The molecule has 0 aromatic carbocycles. The molecule has 19 heavy (non-hydrogen) atoms. The summed E-state index contributed by atoms with van der Waals surface area (Å²) in [6.07, 6.45) is 5.23. The van der Waals surface area contributed by atoms with Crippen LogP contribution in [-0.2, 0) is 4.74 Å². The van der Waals surface area contributed by atoms with Crippen molar-refractivity contribution in [2.24, 2.45) is 5.41 Å². The summed E-state index contributed by atoms with van der Waals surface area (Å²) < 4.78 is 5.44. The fourth-order valence-electron chi connectivity index (χ4n) is 3.60. The Balaban J connectivity index is 1.47. The quantitative estimate of drug-likeness (QED) is 0.731. The molecule has 108 valence electrons. The first kappa shape index (κ1) is 13.2. The van der Waals surface area contributed by atoms with Crippen molar-refractivity contribution in [2.75, 3.05) is 26.2 Å².